The predicted octanol–water partition coefficient (Wildman–Crippen LogP) is 5.63. The summed E-state index contributed by atoms with van der Waals surface area (Å²) in [5.74, 6) is 1.39. The van der Waals surface area contributed by atoms with Gasteiger partial charge in [-0.25, -0.2) is 0 Å². The molecule has 0 spiro atoms. The van der Waals surface area contributed by atoms with Crippen LogP contribution in [0.25, 0.3) is 0 Å². The maximum Gasteiger partial charge on any atom is 0.200 e. The van der Waals surface area contributed by atoms with Gasteiger partial charge in [0.05, 0.1) is 18.0 Å². The summed E-state index contributed by atoms with van der Waals surface area (Å²) in [4.78, 5) is 4.89. The van der Waals surface area contributed by atoms with Crippen molar-refractivity contribution in [1.82, 2.24) is 4.98 Å². The lowest BCUT2D eigenvalue weighted by atomic mass is 10.2. The third kappa shape index (κ3) is 4.63. The number of pyridine rings is 1. The van der Waals surface area contributed by atoms with E-state index < -0.39 is 8.32 Å². The first-order valence-corrected chi connectivity index (χ1v) is 11.7. The van der Waals surface area contributed by atoms with Crippen LogP contribution >= 0.6 is 0 Å². The van der Waals surface area contributed by atoms with Crippen LogP contribution in [-0.4, -0.2) is 27.2 Å². The highest BCUT2D eigenvalue weighted by molar-refractivity contribution is 6.77. The first-order chi connectivity index (χ1) is 11.8. The van der Waals surface area contributed by atoms with Crippen LogP contribution in [-0.2, 0) is 15.8 Å². The predicted molar refractivity (Wildman–Crippen MR) is 105 cm³/mol. The van der Waals surface area contributed by atoms with Crippen molar-refractivity contribution in [3.8, 4) is 5.75 Å². The standard InChI is InChI=1S/C20H35NO3Si/c1-14(2)25(15(3)4,16(5)6)24-12-18-10-11-19(23-13-22-7)20(21-18)17-8-9-17/h10-11,14-17H,8-9,12-13H2,1-7H3. The zero-order valence-corrected chi connectivity index (χ0v) is 18.0. The molecule has 0 unspecified atom stereocenters. The van der Waals surface area contributed by atoms with Crippen molar-refractivity contribution < 1.29 is 13.9 Å². The molecule has 2 rings (SSSR count). The topological polar surface area (TPSA) is 40.6 Å². The van der Waals surface area contributed by atoms with Gasteiger partial charge in [-0.3, -0.25) is 4.98 Å². The molecule has 0 radical (unpaired) electrons. The maximum absolute atomic E-state index is 6.69. The molecule has 4 nitrogen and oxygen atoms in total. The minimum absolute atomic E-state index is 0.265. The summed E-state index contributed by atoms with van der Waals surface area (Å²) in [5.41, 5.74) is 3.84. The Labute approximate surface area is 154 Å². The zero-order valence-electron chi connectivity index (χ0n) is 17.0. The molecule has 142 valence electrons. The molecule has 25 heavy (non-hydrogen) atoms. The van der Waals surface area contributed by atoms with Gasteiger partial charge < -0.3 is 13.9 Å². The SMILES string of the molecule is COCOc1ccc(CO[Si](C(C)C)(C(C)C)C(C)C)nc1C1CC1. The molecule has 0 aromatic carbocycles. The molecule has 1 aromatic rings. The van der Waals surface area contributed by atoms with E-state index >= 15 is 0 Å². The third-order valence-electron chi connectivity index (χ3n) is 5.42. The Balaban J connectivity index is 2.17. The van der Waals surface area contributed by atoms with Crippen LogP contribution in [0.5, 0.6) is 5.75 Å². The van der Waals surface area contributed by atoms with Crippen molar-refractivity contribution in [1.29, 1.82) is 0 Å². The van der Waals surface area contributed by atoms with Gasteiger partial charge in [-0.1, -0.05) is 41.5 Å². The summed E-state index contributed by atoms with van der Waals surface area (Å²) >= 11 is 0. The van der Waals surface area contributed by atoms with E-state index in [0.29, 0.717) is 29.1 Å². The van der Waals surface area contributed by atoms with E-state index in [4.69, 9.17) is 18.9 Å². The monoisotopic (exact) mass is 365 g/mol. The van der Waals surface area contributed by atoms with Gasteiger partial charge in [0.2, 0.25) is 8.32 Å². The minimum atomic E-state index is -1.87. The molecular formula is C20H35NO3Si. The Morgan fingerprint density at radius 2 is 1.64 bits per heavy atom. The number of hydrogen-bond acceptors (Lipinski definition) is 4. The Kier molecular flexibility index (Phi) is 7.06. The van der Waals surface area contributed by atoms with Gasteiger partial charge in [0.15, 0.2) is 6.79 Å². The molecule has 1 aliphatic carbocycles. The quantitative estimate of drug-likeness (QED) is 0.398. The van der Waals surface area contributed by atoms with Crippen molar-refractivity contribution in [2.24, 2.45) is 0 Å². The molecule has 1 heterocycles. The van der Waals surface area contributed by atoms with Gasteiger partial charge in [0.25, 0.3) is 0 Å². The van der Waals surface area contributed by atoms with Crippen LogP contribution in [0.3, 0.4) is 0 Å². The van der Waals surface area contributed by atoms with Gasteiger partial charge in [-0.05, 0) is 41.6 Å². The summed E-state index contributed by atoms with van der Waals surface area (Å²) < 4.78 is 17.4. The van der Waals surface area contributed by atoms with Gasteiger partial charge in [0.1, 0.15) is 5.75 Å². The van der Waals surface area contributed by atoms with E-state index in [1.54, 1.807) is 7.11 Å². The molecule has 0 N–H and O–H groups in total. The lowest BCUT2D eigenvalue weighted by Crippen LogP contribution is -2.47. The molecule has 1 fully saturated rings. The second-order valence-corrected chi connectivity index (χ2v) is 13.6. The van der Waals surface area contributed by atoms with Crippen molar-refractivity contribution in [3.63, 3.8) is 0 Å². The highest BCUT2D eigenvalue weighted by Gasteiger charge is 2.45. The highest BCUT2D eigenvalue weighted by Crippen LogP contribution is 2.44. The van der Waals surface area contributed by atoms with E-state index in [9.17, 15) is 0 Å². The molecule has 0 atom stereocenters. The fourth-order valence-corrected chi connectivity index (χ4v) is 9.58. The fourth-order valence-electron chi connectivity index (χ4n) is 4.18. The molecule has 1 aromatic heterocycles. The zero-order chi connectivity index (χ0) is 18.6. The number of aromatic nitrogens is 1. The molecule has 1 aliphatic rings. The lowest BCUT2D eigenvalue weighted by Gasteiger charge is -2.42. The average molecular weight is 366 g/mol. The summed E-state index contributed by atoms with van der Waals surface area (Å²) in [6.07, 6.45) is 2.40. The largest absolute Gasteiger partial charge is 0.466 e. The van der Waals surface area contributed by atoms with Crippen LogP contribution in [0.15, 0.2) is 12.1 Å². The number of nitrogens with zero attached hydrogens (tertiary/aromatic N) is 1. The molecule has 5 heteroatoms. The van der Waals surface area contributed by atoms with Crippen molar-refractivity contribution in [2.75, 3.05) is 13.9 Å². The Morgan fingerprint density at radius 3 is 2.12 bits per heavy atom. The van der Waals surface area contributed by atoms with E-state index in [-0.39, 0.29) is 6.79 Å². The Morgan fingerprint density at radius 1 is 1.04 bits per heavy atom. The van der Waals surface area contributed by atoms with E-state index in [0.717, 1.165) is 17.1 Å². The summed E-state index contributed by atoms with van der Waals surface area (Å²) in [5, 5.41) is 0. The Hall–Kier alpha value is -0.913. The normalized spacial score (nSPS) is 15.4. The van der Waals surface area contributed by atoms with Crippen molar-refractivity contribution in [3.05, 3.63) is 23.5 Å². The fraction of sp³-hybridized carbons (Fsp3) is 0.750. The molecule has 0 bridgehead atoms. The second kappa shape index (κ2) is 8.65. The first-order valence-electron chi connectivity index (χ1n) is 9.58. The number of hydrogen-bond donors (Lipinski definition) is 0. The minimum Gasteiger partial charge on any atom is -0.466 e. The van der Waals surface area contributed by atoms with Gasteiger partial charge >= 0.3 is 0 Å². The first kappa shape index (κ1) is 20.4. The van der Waals surface area contributed by atoms with Crippen LogP contribution in [0.4, 0.5) is 0 Å². The van der Waals surface area contributed by atoms with Gasteiger partial charge in [-0.15, -0.1) is 0 Å². The smallest absolute Gasteiger partial charge is 0.200 e. The van der Waals surface area contributed by atoms with Crippen LogP contribution in [0.1, 0.15) is 71.7 Å². The van der Waals surface area contributed by atoms with Crippen LogP contribution in [0, 0.1) is 0 Å². The third-order valence-corrected chi connectivity index (χ3v) is 11.5. The van der Waals surface area contributed by atoms with Crippen molar-refractivity contribution >= 4 is 8.32 Å². The van der Waals surface area contributed by atoms with Crippen LogP contribution in [0.2, 0.25) is 16.6 Å². The summed E-state index contributed by atoms with van der Waals surface area (Å²) in [6, 6.07) is 4.07. The van der Waals surface area contributed by atoms with Crippen molar-refractivity contribution in [2.45, 2.75) is 83.5 Å². The summed E-state index contributed by atoms with van der Waals surface area (Å²) in [7, 11) is -0.226. The van der Waals surface area contributed by atoms with Gasteiger partial charge in [0, 0.05) is 13.0 Å². The molecule has 1 saturated carbocycles. The number of rotatable bonds is 10. The van der Waals surface area contributed by atoms with E-state index in [1.165, 1.54) is 12.8 Å². The summed E-state index contributed by atoms with van der Waals surface area (Å²) in [6.45, 7) is 14.8. The number of ether oxygens (including phenoxy) is 2. The Bertz CT molecular complexity index is 534. The highest BCUT2D eigenvalue weighted by atomic mass is 28.4. The van der Waals surface area contributed by atoms with E-state index in [2.05, 4.69) is 41.5 Å². The van der Waals surface area contributed by atoms with E-state index in [1.807, 2.05) is 12.1 Å². The number of methoxy groups -OCH3 is 1. The molecule has 0 aliphatic heterocycles. The van der Waals surface area contributed by atoms with Gasteiger partial charge in [-0.2, -0.15) is 0 Å². The lowest BCUT2D eigenvalue weighted by molar-refractivity contribution is 0.0500. The van der Waals surface area contributed by atoms with Crippen LogP contribution < -0.4 is 4.74 Å². The second-order valence-electron chi connectivity index (χ2n) is 8.12. The maximum atomic E-state index is 6.69. The molecule has 0 amide bonds. The molecule has 0 saturated heterocycles. The molecular weight excluding hydrogens is 330 g/mol. The average Bonchev–Trinajstić information content (AvgIpc) is 3.37.